The molecule has 106 valence electrons. The van der Waals surface area contributed by atoms with E-state index >= 15 is 0 Å². The molecule has 2 nitrogen and oxygen atoms in total. The van der Waals surface area contributed by atoms with Crippen LogP contribution in [0.3, 0.4) is 0 Å². The molecule has 1 aliphatic heterocycles. The van der Waals surface area contributed by atoms with Crippen LogP contribution in [0.4, 0.5) is 0 Å². The molecule has 2 heteroatoms. The van der Waals surface area contributed by atoms with Gasteiger partial charge in [-0.25, -0.2) is 0 Å². The molecule has 0 aromatic rings. The third kappa shape index (κ3) is 1.72. The summed E-state index contributed by atoms with van der Waals surface area (Å²) in [7, 11) is 0. The maximum atomic E-state index is 10.9. The molecule has 5 aliphatic rings. The van der Waals surface area contributed by atoms with Crippen LogP contribution in [-0.2, 0) is 4.74 Å². The summed E-state index contributed by atoms with van der Waals surface area (Å²) in [6.07, 6.45) is 10.5. The molecule has 1 heterocycles. The van der Waals surface area contributed by atoms with E-state index in [-0.39, 0.29) is 11.5 Å². The van der Waals surface area contributed by atoms with E-state index in [0.717, 1.165) is 24.7 Å². The highest BCUT2D eigenvalue weighted by molar-refractivity contribution is 5.18. The van der Waals surface area contributed by atoms with Crippen LogP contribution in [0, 0.1) is 22.2 Å². The maximum Gasteiger partial charge on any atom is 0.121 e. The molecule has 0 aromatic heterocycles. The number of aliphatic hydroxyl groups excluding tert-OH is 1. The maximum absolute atomic E-state index is 10.9. The summed E-state index contributed by atoms with van der Waals surface area (Å²) in [6, 6.07) is 0. The van der Waals surface area contributed by atoms with Gasteiger partial charge in [-0.05, 0) is 61.3 Å². The Morgan fingerprint density at radius 3 is 2.37 bits per heavy atom. The number of ether oxygens (including phenoxy) is 1. The van der Waals surface area contributed by atoms with E-state index in [9.17, 15) is 5.11 Å². The van der Waals surface area contributed by atoms with Crippen LogP contribution in [0.5, 0.6) is 0 Å². The van der Waals surface area contributed by atoms with Crippen molar-refractivity contribution >= 4 is 0 Å². The lowest BCUT2D eigenvalue weighted by molar-refractivity contribution is -0.183. The highest BCUT2D eigenvalue weighted by atomic mass is 16.5. The third-order valence-corrected chi connectivity index (χ3v) is 6.25. The quantitative estimate of drug-likeness (QED) is 0.823. The number of rotatable bonds is 2. The summed E-state index contributed by atoms with van der Waals surface area (Å²) in [5.41, 5.74) is 1.04. The Hall–Kier alpha value is -0.500. The third-order valence-electron chi connectivity index (χ3n) is 6.25. The molecule has 4 fully saturated rings. The van der Waals surface area contributed by atoms with E-state index < -0.39 is 0 Å². The van der Waals surface area contributed by atoms with Crippen molar-refractivity contribution in [1.29, 1.82) is 0 Å². The molecule has 4 aliphatic carbocycles. The Labute approximate surface area is 116 Å². The van der Waals surface area contributed by atoms with Gasteiger partial charge >= 0.3 is 0 Å². The van der Waals surface area contributed by atoms with Gasteiger partial charge in [-0.15, -0.1) is 0 Å². The summed E-state index contributed by atoms with van der Waals surface area (Å²) >= 11 is 0. The smallest absolute Gasteiger partial charge is 0.121 e. The monoisotopic (exact) mass is 262 g/mol. The van der Waals surface area contributed by atoms with Crippen molar-refractivity contribution in [1.82, 2.24) is 0 Å². The minimum Gasteiger partial charge on any atom is -0.495 e. The van der Waals surface area contributed by atoms with E-state index in [1.807, 2.05) is 0 Å². The van der Waals surface area contributed by atoms with Crippen LogP contribution < -0.4 is 0 Å². The van der Waals surface area contributed by atoms with Crippen molar-refractivity contribution < 1.29 is 9.84 Å². The van der Waals surface area contributed by atoms with E-state index in [2.05, 4.69) is 19.9 Å². The lowest BCUT2D eigenvalue weighted by atomic mass is 9.39. The number of hydrogen-bond donors (Lipinski definition) is 1. The first kappa shape index (κ1) is 12.3. The fourth-order valence-electron chi connectivity index (χ4n) is 6.77. The molecule has 0 amide bonds. The van der Waals surface area contributed by atoms with E-state index in [0.29, 0.717) is 10.8 Å². The molecule has 0 saturated heterocycles. The van der Waals surface area contributed by atoms with Crippen molar-refractivity contribution in [2.75, 3.05) is 6.61 Å². The average molecular weight is 262 g/mol. The minimum atomic E-state index is -0.350. The average Bonchev–Trinajstić information content (AvgIpc) is 2.75. The van der Waals surface area contributed by atoms with Gasteiger partial charge in [0.15, 0.2) is 0 Å². The van der Waals surface area contributed by atoms with Gasteiger partial charge in [0.2, 0.25) is 0 Å². The first-order valence-electron chi connectivity index (χ1n) is 7.93. The van der Waals surface area contributed by atoms with Crippen LogP contribution in [0.2, 0.25) is 0 Å². The van der Waals surface area contributed by atoms with Gasteiger partial charge in [0.25, 0.3) is 0 Å². The zero-order valence-corrected chi connectivity index (χ0v) is 12.2. The van der Waals surface area contributed by atoms with Crippen LogP contribution in [0.25, 0.3) is 0 Å². The van der Waals surface area contributed by atoms with Crippen LogP contribution >= 0.6 is 0 Å². The van der Waals surface area contributed by atoms with E-state index in [4.69, 9.17) is 4.74 Å². The Kier molecular flexibility index (Phi) is 2.31. The van der Waals surface area contributed by atoms with Gasteiger partial charge in [0, 0.05) is 11.8 Å². The van der Waals surface area contributed by atoms with Gasteiger partial charge in [-0.1, -0.05) is 13.8 Å². The summed E-state index contributed by atoms with van der Waals surface area (Å²) in [4.78, 5) is 0. The fourth-order valence-corrected chi connectivity index (χ4v) is 6.77. The normalized spacial score (nSPS) is 53.0. The van der Waals surface area contributed by atoms with E-state index in [1.165, 1.54) is 38.5 Å². The van der Waals surface area contributed by atoms with Crippen LogP contribution in [0.15, 0.2) is 11.8 Å². The van der Waals surface area contributed by atoms with Crippen molar-refractivity contribution in [2.24, 2.45) is 22.2 Å². The van der Waals surface area contributed by atoms with E-state index in [1.54, 1.807) is 0 Å². The Bertz CT molecular complexity index is 421. The van der Waals surface area contributed by atoms with Crippen molar-refractivity contribution in [2.45, 2.75) is 64.9 Å². The lowest BCUT2D eigenvalue weighted by Gasteiger charge is -2.66. The molecule has 5 rings (SSSR count). The Morgan fingerprint density at radius 2 is 1.84 bits per heavy atom. The van der Waals surface area contributed by atoms with Crippen molar-refractivity contribution in [3.63, 3.8) is 0 Å². The second kappa shape index (κ2) is 3.58. The Balaban J connectivity index is 1.70. The molecule has 4 bridgehead atoms. The Morgan fingerprint density at radius 1 is 1.16 bits per heavy atom. The van der Waals surface area contributed by atoms with Gasteiger partial charge in [-0.2, -0.15) is 0 Å². The molecule has 19 heavy (non-hydrogen) atoms. The number of hydrogen-bond acceptors (Lipinski definition) is 2. The van der Waals surface area contributed by atoms with Gasteiger partial charge in [-0.3, -0.25) is 0 Å². The molecule has 1 N–H and O–H groups in total. The topological polar surface area (TPSA) is 29.5 Å². The highest BCUT2D eigenvalue weighted by Crippen LogP contribution is 2.70. The molecule has 0 radical (unpaired) electrons. The highest BCUT2D eigenvalue weighted by Gasteiger charge is 2.62. The molecular weight excluding hydrogens is 236 g/mol. The summed E-state index contributed by atoms with van der Waals surface area (Å²) < 4.78 is 5.68. The van der Waals surface area contributed by atoms with Crippen LogP contribution in [0.1, 0.15) is 58.8 Å². The second-order valence-corrected chi connectivity index (χ2v) is 8.64. The van der Waals surface area contributed by atoms with Gasteiger partial charge in [0.1, 0.15) is 11.9 Å². The zero-order chi connectivity index (χ0) is 13.3. The first-order valence-corrected chi connectivity index (χ1v) is 7.93. The van der Waals surface area contributed by atoms with Crippen molar-refractivity contribution in [3.05, 3.63) is 11.8 Å². The minimum absolute atomic E-state index is 0.110. The second-order valence-electron chi connectivity index (χ2n) is 8.64. The standard InChI is InChI=1S/C17H26O2/c1-15-6-12-7-16(2,9-15)11-17(8-12,10-15)14(18)13-4-3-5-19-13/h4,12,14,18H,3,5-11H2,1-2H3. The zero-order valence-electron chi connectivity index (χ0n) is 12.2. The predicted octanol–water partition coefficient (Wildman–Crippen LogP) is 3.65. The molecule has 3 unspecified atom stereocenters. The first-order chi connectivity index (χ1) is 8.92. The fraction of sp³-hybridized carbons (Fsp3) is 0.882. The van der Waals surface area contributed by atoms with Gasteiger partial charge < -0.3 is 9.84 Å². The summed E-state index contributed by atoms with van der Waals surface area (Å²) in [6.45, 7) is 5.68. The van der Waals surface area contributed by atoms with Gasteiger partial charge in [0.05, 0.1) is 6.61 Å². The molecule has 4 saturated carbocycles. The molecule has 0 aromatic carbocycles. The number of aliphatic hydroxyl groups is 1. The predicted molar refractivity (Wildman–Crippen MR) is 74.5 cm³/mol. The summed E-state index contributed by atoms with van der Waals surface area (Å²) in [5, 5.41) is 10.9. The summed E-state index contributed by atoms with van der Waals surface area (Å²) in [5.74, 6) is 1.72. The lowest BCUT2D eigenvalue weighted by Crippen LogP contribution is -2.59. The van der Waals surface area contributed by atoms with Crippen molar-refractivity contribution in [3.8, 4) is 0 Å². The molecular formula is C17H26O2. The largest absolute Gasteiger partial charge is 0.495 e. The molecule has 0 spiro atoms. The van der Waals surface area contributed by atoms with Crippen LogP contribution in [-0.4, -0.2) is 17.8 Å². The molecule has 3 atom stereocenters. The SMILES string of the molecule is CC12CC3CC(C)(C1)CC(C(O)C1=CCCO1)(C3)C2.